The van der Waals surface area contributed by atoms with E-state index in [1.54, 1.807) is 4.90 Å². The minimum absolute atomic E-state index is 0.0847. The maximum Gasteiger partial charge on any atom is 0.320 e. The summed E-state index contributed by atoms with van der Waals surface area (Å²) in [6.07, 6.45) is 0.805. The number of hydrogen-bond acceptors (Lipinski definition) is 9. The Morgan fingerprint density at radius 3 is 2.58 bits per heavy atom. The van der Waals surface area contributed by atoms with Gasteiger partial charge in [0.25, 0.3) is 5.91 Å². The van der Waals surface area contributed by atoms with E-state index >= 15 is 0 Å². The fourth-order valence-electron chi connectivity index (χ4n) is 3.69. The molecule has 9 nitrogen and oxygen atoms in total. The van der Waals surface area contributed by atoms with Crippen LogP contribution in [0.2, 0.25) is 0 Å². The fourth-order valence-corrected chi connectivity index (χ4v) is 4.76. The van der Waals surface area contributed by atoms with Gasteiger partial charge in [0, 0.05) is 32.2 Å². The lowest BCUT2D eigenvalue weighted by atomic mass is 10.1. The third-order valence-electron chi connectivity index (χ3n) is 5.72. The second kappa shape index (κ2) is 10.4. The summed E-state index contributed by atoms with van der Waals surface area (Å²) in [6.45, 7) is 8.87. The van der Waals surface area contributed by atoms with Gasteiger partial charge in [0.2, 0.25) is 5.88 Å². The van der Waals surface area contributed by atoms with Crippen LogP contribution in [-0.4, -0.2) is 79.4 Å². The fraction of sp³-hybridized carbons (Fsp3) is 0.478. The molecule has 2 aromatic heterocycles. The number of benzene rings is 1. The normalized spacial score (nSPS) is 14.4. The molecule has 1 aromatic carbocycles. The van der Waals surface area contributed by atoms with Gasteiger partial charge in [0.1, 0.15) is 5.69 Å². The number of ether oxygens (including phenoxy) is 3. The van der Waals surface area contributed by atoms with Crippen molar-refractivity contribution in [1.29, 1.82) is 0 Å². The van der Waals surface area contributed by atoms with Gasteiger partial charge in [0.15, 0.2) is 5.13 Å². The number of rotatable bonds is 8. The van der Waals surface area contributed by atoms with Gasteiger partial charge in [-0.1, -0.05) is 11.3 Å². The third kappa shape index (κ3) is 5.40. The smallest absolute Gasteiger partial charge is 0.320 e. The molecular formula is C23H29N5O4S. The Bertz CT molecular complexity index is 1070. The number of nitrogens with zero attached hydrogens (tertiary/aromatic N) is 5. The number of aryl methyl sites for hydroxylation is 2. The summed E-state index contributed by atoms with van der Waals surface area (Å²) in [7, 11) is 2.95. The predicted octanol–water partition coefficient (Wildman–Crippen LogP) is 3.09. The Kier molecular flexibility index (Phi) is 7.36. The van der Waals surface area contributed by atoms with Gasteiger partial charge in [-0.25, -0.2) is 4.98 Å². The molecule has 10 heteroatoms. The molecule has 0 spiro atoms. The number of anilines is 1. The van der Waals surface area contributed by atoms with Gasteiger partial charge in [-0.3, -0.25) is 14.6 Å². The molecule has 0 atom stereocenters. The Hall–Kier alpha value is -2.82. The highest BCUT2D eigenvalue weighted by molar-refractivity contribution is 7.22. The summed E-state index contributed by atoms with van der Waals surface area (Å²) >= 11 is 1.51. The number of morpholine rings is 1. The van der Waals surface area contributed by atoms with E-state index in [0.29, 0.717) is 11.7 Å². The number of amides is 1. The van der Waals surface area contributed by atoms with Gasteiger partial charge in [0.05, 0.1) is 37.6 Å². The van der Waals surface area contributed by atoms with Crippen LogP contribution in [0.4, 0.5) is 5.13 Å². The van der Waals surface area contributed by atoms with Crippen molar-refractivity contribution in [1.82, 2.24) is 19.9 Å². The van der Waals surface area contributed by atoms with E-state index in [1.165, 1.54) is 42.7 Å². The van der Waals surface area contributed by atoms with Gasteiger partial charge in [-0.15, -0.1) is 0 Å². The van der Waals surface area contributed by atoms with Crippen molar-refractivity contribution in [2.45, 2.75) is 20.3 Å². The number of fused-ring (bicyclic) bond motifs is 1. The van der Waals surface area contributed by atoms with E-state index in [1.807, 2.05) is 0 Å². The van der Waals surface area contributed by atoms with E-state index in [2.05, 4.69) is 40.8 Å². The molecule has 0 N–H and O–H groups in total. The highest BCUT2D eigenvalue weighted by Crippen LogP contribution is 2.32. The molecule has 0 saturated carbocycles. The van der Waals surface area contributed by atoms with Crippen LogP contribution in [0.3, 0.4) is 0 Å². The number of hydrogen-bond donors (Lipinski definition) is 0. The maximum atomic E-state index is 13.6. The first-order chi connectivity index (χ1) is 16.0. The largest absolute Gasteiger partial charge is 0.481 e. The van der Waals surface area contributed by atoms with Crippen LogP contribution in [0, 0.1) is 13.8 Å². The minimum Gasteiger partial charge on any atom is -0.481 e. The summed E-state index contributed by atoms with van der Waals surface area (Å²) in [6, 6.07) is 5.81. The van der Waals surface area contributed by atoms with Crippen LogP contribution in [0.1, 0.15) is 28.0 Å². The molecule has 3 heterocycles. The minimum atomic E-state index is -0.261. The van der Waals surface area contributed by atoms with Crippen LogP contribution in [0.5, 0.6) is 11.9 Å². The maximum absolute atomic E-state index is 13.6. The molecule has 4 rings (SSSR count). The number of carbonyl (C=O) groups excluding carboxylic acids is 1. The van der Waals surface area contributed by atoms with Gasteiger partial charge < -0.3 is 14.2 Å². The number of methoxy groups -OCH3 is 2. The molecule has 0 unspecified atom stereocenters. The Labute approximate surface area is 197 Å². The van der Waals surface area contributed by atoms with E-state index in [9.17, 15) is 4.79 Å². The van der Waals surface area contributed by atoms with Crippen LogP contribution in [-0.2, 0) is 4.74 Å². The average molecular weight is 472 g/mol. The lowest BCUT2D eigenvalue weighted by Gasteiger charge is -2.27. The Morgan fingerprint density at radius 2 is 1.85 bits per heavy atom. The zero-order valence-corrected chi connectivity index (χ0v) is 20.3. The molecule has 33 heavy (non-hydrogen) atoms. The van der Waals surface area contributed by atoms with Crippen molar-refractivity contribution in [3.05, 3.63) is 35.0 Å². The summed E-state index contributed by atoms with van der Waals surface area (Å²) < 4.78 is 16.9. The van der Waals surface area contributed by atoms with E-state index in [-0.39, 0.29) is 23.5 Å². The Balaban J connectivity index is 1.64. The molecule has 176 valence electrons. The standard InChI is InChI=1S/C23H29N5O4S/c1-15-12-17-19(13-16(15)2)33-23(25-17)28(7-5-6-27-8-10-32-11-9-27)21(29)18-14-20(30-3)26-22(24-18)31-4/h12-14H,5-11H2,1-4H3. The molecular weight excluding hydrogens is 442 g/mol. The summed E-state index contributed by atoms with van der Waals surface area (Å²) in [4.78, 5) is 30.9. The van der Waals surface area contributed by atoms with Crippen molar-refractivity contribution >= 4 is 32.6 Å². The monoisotopic (exact) mass is 471 g/mol. The van der Waals surface area contributed by atoms with Gasteiger partial charge >= 0.3 is 6.01 Å². The highest BCUT2D eigenvalue weighted by atomic mass is 32.1. The topological polar surface area (TPSA) is 89.9 Å². The summed E-state index contributed by atoms with van der Waals surface area (Å²) in [5.74, 6) is 0.0116. The zero-order valence-electron chi connectivity index (χ0n) is 19.5. The van der Waals surface area contributed by atoms with Crippen molar-refractivity contribution in [2.75, 3.05) is 58.5 Å². The van der Waals surface area contributed by atoms with E-state index in [0.717, 1.165) is 49.5 Å². The number of thiazole rings is 1. The van der Waals surface area contributed by atoms with Crippen molar-refractivity contribution < 1.29 is 19.0 Å². The van der Waals surface area contributed by atoms with Crippen molar-refractivity contribution in [3.63, 3.8) is 0 Å². The molecule has 1 amide bonds. The SMILES string of the molecule is COc1cc(C(=O)N(CCCN2CCOCC2)c2nc3cc(C)c(C)cc3s2)nc(OC)n1. The highest BCUT2D eigenvalue weighted by Gasteiger charge is 2.25. The number of carbonyl (C=O) groups is 1. The summed E-state index contributed by atoms with van der Waals surface area (Å²) in [5.41, 5.74) is 3.47. The molecule has 0 bridgehead atoms. The van der Waals surface area contributed by atoms with Crippen molar-refractivity contribution in [2.24, 2.45) is 0 Å². The Morgan fingerprint density at radius 1 is 1.09 bits per heavy atom. The van der Waals surface area contributed by atoms with Crippen LogP contribution in [0.25, 0.3) is 10.2 Å². The predicted molar refractivity (Wildman–Crippen MR) is 128 cm³/mol. The first kappa shape index (κ1) is 23.3. The third-order valence-corrected chi connectivity index (χ3v) is 6.76. The molecule has 1 fully saturated rings. The molecule has 1 saturated heterocycles. The molecule has 3 aromatic rings. The van der Waals surface area contributed by atoms with Crippen LogP contribution in [0.15, 0.2) is 18.2 Å². The lowest BCUT2D eigenvalue weighted by molar-refractivity contribution is 0.0376. The molecule has 0 radical (unpaired) electrons. The lowest BCUT2D eigenvalue weighted by Crippen LogP contribution is -2.39. The second-order valence-electron chi connectivity index (χ2n) is 7.95. The quantitative estimate of drug-likeness (QED) is 0.495. The van der Waals surface area contributed by atoms with Gasteiger partial charge in [-0.2, -0.15) is 9.97 Å². The van der Waals surface area contributed by atoms with E-state index in [4.69, 9.17) is 19.2 Å². The van der Waals surface area contributed by atoms with Crippen LogP contribution < -0.4 is 14.4 Å². The summed E-state index contributed by atoms with van der Waals surface area (Å²) in [5, 5.41) is 0.651. The average Bonchev–Trinajstić information content (AvgIpc) is 3.24. The van der Waals surface area contributed by atoms with Crippen LogP contribution >= 0.6 is 11.3 Å². The first-order valence-electron chi connectivity index (χ1n) is 11.0. The van der Waals surface area contributed by atoms with Gasteiger partial charge in [-0.05, 0) is 43.5 Å². The van der Waals surface area contributed by atoms with Crippen molar-refractivity contribution in [3.8, 4) is 11.9 Å². The first-order valence-corrected chi connectivity index (χ1v) is 11.8. The van der Waals surface area contributed by atoms with E-state index < -0.39 is 0 Å². The zero-order chi connectivity index (χ0) is 23.4. The molecule has 1 aliphatic heterocycles. The molecule has 0 aliphatic carbocycles. The molecule has 1 aliphatic rings. The second-order valence-corrected chi connectivity index (χ2v) is 8.96. The number of aromatic nitrogens is 3.